The Hall–Kier alpha value is -3.15. The summed E-state index contributed by atoms with van der Waals surface area (Å²) in [5.41, 5.74) is 1.38. The number of rotatable bonds is 12. The molecule has 0 radical (unpaired) electrons. The number of hydrogen-bond acceptors (Lipinski definition) is 8. The van der Waals surface area contributed by atoms with Crippen LogP contribution in [0.25, 0.3) is 0 Å². The Morgan fingerprint density at radius 2 is 1.25 bits per heavy atom. The largest absolute Gasteiger partial charge is 0.493 e. The molecule has 32 heavy (non-hydrogen) atoms. The number of methoxy groups -OCH3 is 4. The van der Waals surface area contributed by atoms with Gasteiger partial charge in [0.05, 0.1) is 52.8 Å². The van der Waals surface area contributed by atoms with Crippen LogP contribution >= 0.6 is 0 Å². The molecule has 0 aliphatic carbocycles. The van der Waals surface area contributed by atoms with Gasteiger partial charge in [-0.05, 0) is 54.7 Å². The molecule has 2 aromatic carbocycles. The van der Waals surface area contributed by atoms with Crippen molar-refractivity contribution in [2.45, 2.75) is 38.4 Å². The van der Waals surface area contributed by atoms with Gasteiger partial charge in [0, 0.05) is 0 Å². The topological polar surface area (TPSA) is 110 Å². The van der Waals surface area contributed by atoms with Gasteiger partial charge in [-0.15, -0.1) is 0 Å². The zero-order chi connectivity index (χ0) is 23.7. The van der Waals surface area contributed by atoms with Gasteiger partial charge in [-0.3, -0.25) is 0 Å². The summed E-state index contributed by atoms with van der Waals surface area (Å²) in [4.78, 5) is 0. The molecule has 0 aliphatic rings. The predicted molar refractivity (Wildman–Crippen MR) is 119 cm³/mol. The second-order valence-electron chi connectivity index (χ2n) is 7.13. The fraction of sp³-hybridized carbons (Fsp3) is 0.458. The first kappa shape index (κ1) is 25.1. The van der Waals surface area contributed by atoms with Crippen LogP contribution in [-0.2, 0) is 0 Å². The minimum Gasteiger partial charge on any atom is -0.493 e. The summed E-state index contributed by atoms with van der Waals surface area (Å²) in [7, 11) is 6.01. The van der Waals surface area contributed by atoms with E-state index in [9.17, 15) is 15.5 Å². The van der Waals surface area contributed by atoms with E-state index in [0.29, 0.717) is 46.5 Å². The number of benzene rings is 2. The molecule has 2 atom stereocenters. The molecule has 0 spiro atoms. The Morgan fingerprint density at radius 3 is 1.66 bits per heavy atom. The lowest BCUT2D eigenvalue weighted by Crippen LogP contribution is -2.06. The third kappa shape index (κ3) is 5.75. The van der Waals surface area contributed by atoms with Crippen molar-refractivity contribution in [3.05, 3.63) is 41.0 Å². The van der Waals surface area contributed by atoms with Gasteiger partial charge >= 0.3 is 0 Å². The van der Waals surface area contributed by atoms with Crippen LogP contribution in [0, 0.1) is 11.3 Å². The van der Waals surface area contributed by atoms with Crippen LogP contribution in [0.4, 0.5) is 0 Å². The monoisotopic (exact) mass is 445 g/mol. The average Bonchev–Trinajstić information content (AvgIpc) is 2.83. The van der Waals surface area contributed by atoms with Gasteiger partial charge in [0.1, 0.15) is 6.07 Å². The summed E-state index contributed by atoms with van der Waals surface area (Å²) in [6.07, 6.45) is -0.480. The summed E-state index contributed by atoms with van der Waals surface area (Å²) in [5, 5.41) is 30.9. The van der Waals surface area contributed by atoms with Gasteiger partial charge in [-0.2, -0.15) is 5.26 Å². The normalized spacial score (nSPS) is 12.4. The van der Waals surface area contributed by atoms with Gasteiger partial charge < -0.3 is 33.9 Å². The van der Waals surface area contributed by atoms with Crippen LogP contribution in [0.2, 0.25) is 0 Å². The standard InChI is InChI=1S/C24H31NO7/c1-6-9-32-23-17(14-25)10-15(11-20(23)28-2)18(26)7-8-19(27)16-12-21(29-3)24(31-5)22(13-16)30-4/h10-13,18-19,26-27H,6-9H2,1-5H3. The van der Waals surface area contributed by atoms with E-state index in [1.165, 1.54) is 28.4 Å². The molecule has 0 saturated carbocycles. The van der Waals surface area contributed by atoms with Crippen molar-refractivity contribution in [3.8, 4) is 34.8 Å². The highest BCUT2D eigenvalue weighted by Gasteiger charge is 2.21. The molecule has 0 aromatic heterocycles. The summed E-state index contributed by atoms with van der Waals surface area (Å²) in [5.74, 6) is 2.06. The van der Waals surface area contributed by atoms with Gasteiger partial charge in [-0.25, -0.2) is 0 Å². The number of aliphatic hydroxyl groups excluding tert-OH is 2. The highest BCUT2D eigenvalue weighted by molar-refractivity contribution is 5.56. The Bertz CT molecular complexity index is 914. The first-order valence-electron chi connectivity index (χ1n) is 10.3. The van der Waals surface area contributed by atoms with E-state index >= 15 is 0 Å². The summed E-state index contributed by atoms with van der Waals surface area (Å²) in [6, 6.07) is 8.69. The second-order valence-corrected chi connectivity index (χ2v) is 7.13. The van der Waals surface area contributed by atoms with E-state index in [1.807, 2.05) is 6.92 Å². The molecule has 8 heteroatoms. The molecule has 2 aromatic rings. The van der Waals surface area contributed by atoms with Crippen molar-refractivity contribution in [1.29, 1.82) is 5.26 Å². The van der Waals surface area contributed by atoms with E-state index < -0.39 is 12.2 Å². The van der Waals surface area contributed by atoms with Crippen LogP contribution in [0.1, 0.15) is 55.1 Å². The molecule has 0 heterocycles. The maximum Gasteiger partial charge on any atom is 0.203 e. The Morgan fingerprint density at radius 1 is 0.781 bits per heavy atom. The molecular formula is C24H31NO7. The maximum atomic E-state index is 10.7. The zero-order valence-electron chi connectivity index (χ0n) is 19.2. The van der Waals surface area contributed by atoms with Crippen LogP contribution in [0.5, 0.6) is 28.7 Å². The number of aliphatic hydroxyl groups is 2. The molecule has 2 N–H and O–H groups in total. The van der Waals surface area contributed by atoms with E-state index in [2.05, 4.69) is 6.07 Å². The molecule has 0 fully saturated rings. The number of nitrogens with zero attached hydrogens (tertiary/aromatic N) is 1. The van der Waals surface area contributed by atoms with Gasteiger partial charge in [-0.1, -0.05) is 6.92 Å². The van der Waals surface area contributed by atoms with Crippen LogP contribution in [-0.4, -0.2) is 45.3 Å². The van der Waals surface area contributed by atoms with Gasteiger partial charge in [0.25, 0.3) is 0 Å². The SMILES string of the molecule is CCCOc1c(C#N)cc(C(O)CCC(O)c2cc(OC)c(OC)c(OC)c2)cc1OC. The Labute approximate surface area is 188 Å². The second kappa shape index (κ2) is 12.0. The molecule has 0 aliphatic heterocycles. The molecular weight excluding hydrogens is 414 g/mol. The zero-order valence-corrected chi connectivity index (χ0v) is 19.2. The van der Waals surface area contributed by atoms with Crippen molar-refractivity contribution in [2.75, 3.05) is 35.0 Å². The van der Waals surface area contributed by atoms with Crippen molar-refractivity contribution in [2.24, 2.45) is 0 Å². The first-order valence-corrected chi connectivity index (χ1v) is 10.3. The minimum atomic E-state index is -0.909. The number of hydrogen-bond donors (Lipinski definition) is 2. The van der Waals surface area contributed by atoms with Crippen molar-refractivity contribution >= 4 is 0 Å². The van der Waals surface area contributed by atoms with Gasteiger partial charge in [0.15, 0.2) is 23.0 Å². The lowest BCUT2D eigenvalue weighted by molar-refractivity contribution is 0.114. The fourth-order valence-corrected chi connectivity index (χ4v) is 3.35. The molecule has 8 nitrogen and oxygen atoms in total. The Kier molecular flexibility index (Phi) is 9.44. The quantitative estimate of drug-likeness (QED) is 0.506. The van der Waals surface area contributed by atoms with Gasteiger partial charge in [0.2, 0.25) is 5.75 Å². The van der Waals surface area contributed by atoms with E-state index in [-0.39, 0.29) is 18.4 Å². The third-order valence-electron chi connectivity index (χ3n) is 5.04. The lowest BCUT2D eigenvalue weighted by atomic mass is 9.97. The highest BCUT2D eigenvalue weighted by Crippen LogP contribution is 2.41. The molecule has 174 valence electrons. The summed E-state index contributed by atoms with van der Waals surface area (Å²) >= 11 is 0. The smallest absolute Gasteiger partial charge is 0.203 e. The number of nitriles is 1. The van der Waals surface area contributed by atoms with Crippen LogP contribution in [0.15, 0.2) is 24.3 Å². The molecule has 0 amide bonds. The average molecular weight is 446 g/mol. The molecule has 2 unspecified atom stereocenters. The fourth-order valence-electron chi connectivity index (χ4n) is 3.35. The van der Waals surface area contributed by atoms with Crippen LogP contribution in [0.3, 0.4) is 0 Å². The third-order valence-corrected chi connectivity index (χ3v) is 5.04. The minimum absolute atomic E-state index is 0.251. The van der Waals surface area contributed by atoms with Crippen LogP contribution < -0.4 is 23.7 Å². The molecule has 0 bridgehead atoms. The summed E-state index contributed by atoms with van der Waals surface area (Å²) in [6.45, 7) is 2.42. The molecule has 2 rings (SSSR count). The highest BCUT2D eigenvalue weighted by atomic mass is 16.5. The lowest BCUT2D eigenvalue weighted by Gasteiger charge is -2.19. The van der Waals surface area contributed by atoms with Crippen molar-refractivity contribution in [3.63, 3.8) is 0 Å². The Balaban J connectivity index is 2.20. The van der Waals surface area contributed by atoms with E-state index in [0.717, 1.165) is 6.42 Å². The van der Waals surface area contributed by atoms with Crippen molar-refractivity contribution < 1.29 is 33.9 Å². The summed E-state index contributed by atoms with van der Waals surface area (Å²) < 4.78 is 27.0. The predicted octanol–water partition coefficient (Wildman–Crippen LogP) is 3.93. The van der Waals surface area contributed by atoms with E-state index in [1.54, 1.807) is 24.3 Å². The first-order chi connectivity index (χ1) is 15.4. The van der Waals surface area contributed by atoms with E-state index in [4.69, 9.17) is 23.7 Å². The molecule has 0 saturated heterocycles. The number of ether oxygens (including phenoxy) is 5. The van der Waals surface area contributed by atoms with Crippen molar-refractivity contribution in [1.82, 2.24) is 0 Å². The maximum absolute atomic E-state index is 10.7.